The highest BCUT2D eigenvalue weighted by molar-refractivity contribution is 6.00. The van der Waals surface area contributed by atoms with Gasteiger partial charge in [0.05, 0.1) is 30.9 Å². The number of methoxy groups -OCH3 is 1. The summed E-state index contributed by atoms with van der Waals surface area (Å²) in [6, 6.07) is 20.4. The van der Waals surface area contributed by atoms with Crippen molar-refractivity contribution in [3.8, 4) is 5.75 Å². The SMILES string of the molecule is COC(=O)N1CCCN(c2ccc(C(=O)NC(CC(=O)O)c3ccc(C)cc3)cc2NC(=O)COc2ccccc2)CC1. The molecular formula is C32H36N4O7. The van der Waals surface area contributed by atoms with Crippen LogP contribution in [0.4, 0.5) is 16.2 Å². The number of benzene rings is 3. The van der Waals surface area contributed by atoms with Crippen LogP contribution in [0.15, 0.2) is 72.8 Å². The lowest BCUT2D eigenvalue weighted by Gasteiger charge is -2.26. The molecule has 226 valence electrons. The molecule has 0 saturated carbocycles. The smallest absolute Gasteiger partial charge is 0.409 e. The first-order chi connectivity index (χ1) is 20.7. The lowest BCUT2D eigenvalue weighted by atomic mass is 10.0. The molecule has 0 radical (unpaired) electrons. The van der Waals surface area contributed by atoms with Crippen molar-refractivity contribution in [1.29, 1.82) is 0 Å². The minimum atomic E-state index is -1.05. The number of nitrogens with one attached hydrogen (secondary N) is 2. The summed E-state index contributed by atoms with van der Waals surface area (Å²) in [5, 5.41) is 15.2. The summed E-state index contributed by atoms with van der Waals surface area (Å²) in [4.78, 5) is 53.7. The van der Waals surface area contributed by atoms with Crippen molar-refractivity contribution in [3.05, 3.63) is 89.5 Å². The molecule has 1 saturated heterocycles. The van der Waals surface area contributed by atoms with Crippen molar-refractivity contribution >= 4 is 35.3 Å². The Morgan fingerprint density at radius 1 is 0.930 bits per heavy atom. The van der Waals surface area contributed by atoms with E-state index in [1.54, 1.807) is 59.5 Å². The first-order valence-electron chi connectivity index (χ1n) is 14.0. The molecule has 1 unspecified atom stereocenters. The van der Waals surface area contributed by atoms with E-state index in [0.717, 1.165) is 5.56 Å². The van der Waals surface area contributed by atoms with Gasteiger partial charge in [0.25, 0.3) is 11.8 Å². The number of carbonyl (C=O) groups is 4. The molecule has 3 N–H and O–H groups in total. The lowest BCUT2D eigenvalue weighted by Crippen LogP contribution is -2.35. The summed E-state index contributed by atoms with van der Waals surface area (Å²) >= 11 is 0. The molecule has 1 aliphatic rings. The molecule has 1 aliphatic heterocycles. The number of carboxylic acid groups (broad SMARTS) is 1. The van der Waals surface area contributed by atoms with E-state index < -0.39 is 29.9 Å². The van der Waals surface area contributed by atoms with Gasteiger partial charge in [0.15, 0.2) is 6.61 Å². The molecule has 11 nitrogen and oxygen atoms in total. The van der Waals surface area contributed by atoms with Gasteiger partial charge in [0, 0.05) is 31.7 Å². The van der Waals surface area contributed by atoms with Crippen molar-refractivity contribution in [2.45, 2.75) is 25.8 Å². The van der Waals surface area contributed by atoms with Crippen LogP contribution in [0.1, 0.15) is 40.4 Å². The predicted molar refractivity (Wildman–Crippen MR) is 161 cm³/mol. The summed E-state index contributed by atoms with van der Waals surface area (Å²) in [5.41, 5.74) is 3.00. The number of aliphatic carboxylic acids is 1. The maximum absolute atomic E-state index is 13.4. The van der Waals surface area contributed by atoms with Crippen LogP contribution in [-0.2, 0) is 14.3 Å². The summed E-state index contributed by atoms with van der Waals surface area (Å²) in [7, 11) is 1.35. The Morgan fingerprint density at radius 2 is 1.67 bits per heavy atom. The van der Waals surface area contributed by atoms with Gasteiger partial charge in [-0.1, -0.05) is 48.0 Å². The number of carbonyl (C=O) groups excluding carboxylic acids is 3. The fourth-order valence-corrected chi connectivity index (χ4v) is 4.84. The number of rotatable bonds is 10. The Kier molecular flexibility index (Phi) is 10.6. The molecule has 0 aliphatic carbocycles. The monoisotopic (exact) mass is 588 g/mol. The van der Waals surface area contributed by atoms with E-state index in [9.17, 15) is 24.3 Å². The van der Waals surface area contributed by atoms with Crippen LogP contribution in [0.5, 0.6) is 5.75 Å². The van der Waals surface area contributed by atoms with Crippen molar-refractivity contribution in [2.75, 3.05) is 50.1 Å². The molecule has 1 heterocycles. The molecule has 1 atom stereocenters. The number of carboxylic acids is 1. The normalized spacial score (nSPS) is 13.8. The molecule has 11 heteroatoms. The molecule has 0 spiro atoms. The molecule has 0 aromatic heterocycles. The van der Waals surface area contributed by atoms with Gasteiger partial charge in [-0.3, -0.25) is 14.4 Å². The van der Waals surface area contributed by atoms with Gasteiger partial charge in [-0.2, -0.15) is 0 Å². The van der Waals surface area contributed by atoms with Crippen molar-refractivity contribution in [2.24, 2.45) is 0 Å². The number of amides is 3. The number of hydrogen-bond donors (Lipinski definition) is 3. The Labute approximate surface area is 250 Å². The van der Waals surface area contributed by atoms with E-state index >= 15 is 0 Å². The lowest BCUT2D eigenvalue weighted by molar-refractivity contribution is -0.137. The minimum Gasteiger partial charge on any atom is -0.484 e. The fourth-order valence-electron chi connectivity index (χ4n) is 4.84. The second-order valence-corrected chi connectivity index (χ2v) is 10.2. The quantitative estimate of drug-likeness (QED) is 0.320. The summed E-state index contributed by atoms with van der Waals surface area (Å²) < 4.78 is 10.5. The highest BCUT2D eigenvalue weighted by Gasteiger charge is 2.24. The summed E-state index contributed by atoms with van der Waals surface area (Å²) in [6.45, 7) is 3.72. The van der Waals surface area contributed by atoms with Crippen LogP contribution < -0.4 is 20.3 Å². The van der Waals surface area contributed by atoms with Gasteiger partial charge in [-0.25, -0.2) is 4.79 Å². The maximum atomic E-state index is 13.4. The van der Waals surface area contributed by atoms with Crippen LogP contribution in [-0.4, -0.2) is 73.8 Å². The van der Waals surface area contributed by atoms with E-state index in [1.165, 1.54) is 7.11 Å². The van der Waals surface area contributed by atoms with E-state index in [-0.39, 0.29) is 18.6 Å². The predicted octanol–water partition coefficient (Wildman–Crippen LogP) is 4.24. The Balaban J connectivity index is 1.57. The third-order valence-electron chi connectivity index (χ3n) is 7.08. The Bertz CT molecular complexity index is 1430. The summed E-state index contributed by atoms with van der Waals surface area (Å²) in [6.07, 6.45) is -0.0162. The number of hydrogen-bond acceptors (Lipinski definition) is 7. The van der Waals surface area contributed by atoms with Gasteiger partial charge in [0.1, 0.15) is 5.75 Å². The van der Waals surface area contributed by atoms with Crippen molar-refractivity contribution < 1.29 is 33.8 Å². The number of ether oxygens (including phenoxy) is 2. The molecule has 3 amide bonds. The van der Waals surface area contributed by atoms with Gasteiger partial charge in [-0.05, 0) is 49.2 Å². The van der Waals surface area contributed by atoms with E-state index in [0.29, 0.717) is 55.3 Å². The highest BCUT2D eigenvalue weighted by atomic mass is 16.5. The van der Waals surface area contributed by atoms with E-state index in [4.69, 9.17) is 9.47 Å². The molecular weight excluding hydrogens is 552 g/mol. The molecule has 1 fully saturated rings. The third kappa shape index (κ3) is 8.71. The first-order valence-corrected chi connectivity index (χ1v) is 14.0. The largest absolute Gasteiger partial charge is 0.484 e. The minimum absolute atomic E-state index is 0.246. The number of nitrogens with zero attached hydrogens (tertiary/aromatic N) is 2. The van der Waals surface area contributed by atoms with Gasteiger partial charge < -0.3 is 35.0 Å². The molecule has 3 aromatic rings. The molecule has 43 heavy (non-hydrogen) atoms. The molecule has 4 rings (SSSR count). The number of anilines is 2. The van der Waals surface area contributed by atoms with E-state index in [1.807, 2.05) is 30.0 Å². The van der Waals surface area contributed by atoms with Crippen LogP contribution in [0, 0.1) is 6.92 Å². The van der Waals surface area contributed by atoms with Gasteiger partial charge in [0.2, 0.25) is 0 Å². The zero-order valence-electron chi connectivity index (χ0n) is 24.2. The van der Waals surface area contributed by atoms with Crippen LogP contribution in [0.3, 0.4) is 0 Å². The average Bonchev–Trinajstić information content (AvgIpc) is 3.26. The Hall–Kier alpha value is -5.06. The number of para-hydroxylation sites is 1. The van der Waals surface area contributed by atoms with Crippen LogP contribution in [0.25, 0.3) is 0 Å². The zero-order valence-corrected chi connectivity index (χ0v) is 24.2. The zero-order chi connectivity index (χ0) is 30.8. The van der Waals surface area contributed by atoms with Crippen molar-refractivity contribution in [3.63, 3.8) is 0 Å². The fraction of sp³-hybridized carbons (Fsp3) is 0.312. The van der Waals surface area contributed by atoms with Crippen LogP contribution >= 0.6 is 0 Å². The highest BCUT2D eigenvalue weighted by Crippen LogP contribution is 2.29. The third-order valence-corrected chi connectivity index (χ3v) is 7.08. The van der Waals surface area contributed by atoms with Gasteiger partial charge in [-0.15, -0.1) is 0 Å². The second kappa shape index (κ2) is 14.7. The number of aryl methyl sites for hydroxylation is 1. The van der Waals surface area contributed by atoms with Crippen LogP contribution in [0.2, 0.25) is 0 Å². The Morgan fingerprint density at radius 3 is 2.37 bits per heavy atom. The van der Waals surface area contributed by atoms with E-state index in [2.05, 4.69) is 10.6 Å². The van der Waals surface area contributed by atoms with Crippen molar-refractivity contribution in [1.82, 2.24) is 10.2 Å². The molecule has 3 aromatic carbocycles. The average molecular weight is 589 g/mol. The standard InChI is InChI=1S/C32H36N4O7/c1-22-9-11-23(12-10-22)26(20-30(38)39)34-31(40)24-13-14-28(35-15-6-16-36(18-17-35)32(41)42-2)27(19-24)33-29(37)21-43-25-7-4-3-5-8-25/h3-5,7-14,19,26H,6,15-18,20-21H2,1-2H3,(H,33,37)(H,34,40)(H,38,39). The molecule has 0 bridgehead atoms. The summed E-state index contributed by atoms with van der Waals surface area (Å²) in [5.74, 6) is -1.41. The topological polar surface area (TPSA) is 138 Å². The first kappa shape index (κ1) is 30.9. The second-order valence-electron chi connectivity index (χ2n) is 10.2. The maximum Gasteiger partial charge on any atom is 0.409 e. The van der Waals surface area contributed by atoms with Gasteiger partial charge >= 0.3 is 12.1 Å².